The summed E-state index contributed by atoms with van der Waals surface area (Å²) in [6, 6.07) is 7.92. The quantitative estimate of drug-likeness (QED) is 0.598. The fraction of sp³-hybridized carbons (Fsp3) is 0.267. The summed E-state index contributed by atoms with van der Waals surface area (Å²) in [6.45, 7) is 0.746. The van der Waals surface area contributed by atoms with E-state index in [2.05, 4.69) is 48.3 Å². The van der Waals surface area contributed by atoms with Gasteiger partial charge in [-0.2, -0.15) is 0 Å². The van der Waals surface area contributed by atoms with Gasteiger partial charge < -0.3 is 4.74 Å². The first kappa shape index (κ1) is 15.0. The molecule has 0 fully saturated rings. The lowest BCUT2D eigenvalue weighted by Crippen LogP contribution is -2.30. The molecule has 1 atom stereocenters. The zero-order valence-electron chi connectivity index (χ0n) is 11.3. The maximum atomic E-state index is 5.87. The van der Waals surface area contributed by atoms with Crippen molar-refractivity contribution in [3.63, 3.8) is 0 Å². The van der Waals surface area contributed by atoms with Crippen molar-refractivity contribution in [1.29, 1.82) is 0 Å². The molecule has 0 radical (unpaired) electrons. The maximum Gasteiger partial charge on any atom is 0.127 e. The molecule has 1 aliphatic rings. The summed E-state index contributed by atoms with van der Waals surface area (Å²) in [5.74, 6) is 6.73. The average Bonchev–Trinajstić information content (AvgIpc) is 2.50. The Morgan fingerprint density at radius 3 is 2.95 bits per heavy atom. The number of nitrogens with two attached hydrogens (primary N) is 1. The molecule has 1 aromatic heterocycles. The first-order valence-electron chi connectivity index (χ1n) is 6.72. The van der Waals surface area contributed by atoms with Crippen LogP contribution in [0.2, 0.25) is 0 Å². The summed E-state index contributed by atoms with van der Waals surface area (Å²) >= 11 is 6.97. The molecule has 1 aliphatic heterocycles. The van der Waals surface area contributed by atoms with Gasteiger partial charge in [0.2, 0.25) is 0 Å². The zero-order chi connectivity index (χ0) is 14.8. The number of aromatic nitrogens is 1. The molecule has 0 saturated carbocycles. The van der Waals surface area contributed by atoms with Gasteiger partial charge in [-0.25, -0.2) is 5.43 Å². The molecule has 3 N–H and O–H groups in total. The number of ether oxygens (including phenoxy) is 1. The number of rotatable bonds is 3. The van der Waals surface area contributed by atoms with Crippen LogP contribution in [-0.4, -0.2) is 11.6 Å². The van der Waals surface area contributed by atoms with Crippen LogP contribution in [0.15, 0.2) is 39.4 Å². The molecule has 1 unspecified atom stereocenters. The summed E-state index contributed by atoms with van der Waals surface area (Å²) in [6.07, 6.45) is 3.85. The van der Waals surface area contributed by atoms with Crippen molar-refractivity contribution < 1.29 is 4.74 Å². The molecule has 0 spiro atoms. The van der Waals surface area contributed by atoms with Crippen molar-refractivity contribution >= 4 is 31.9 Å². The van der Waals surface area contributed by atoms with Crippen molar-refractivity contribution in [2.24, 2.45) is 5.84 Å². The van der Waals surface area contributed by atoms with Gasteiger partial charge in [0, 0.05) is 20.7 Å². The predicted octanol–water partition coefficient (Wildman–Crippen LogP) is 3.48. The smallest absolute Gasteiger partial charge is 0.127 e. The fourth-order valence-corrected chi connectivity index (χ4v) is 3.81. The van der Waals surface area contributed by atoms with Gasteiger partial charge in [-0.05, 0) is 56.3 Å². The van der Waals surface area contributed by atoms with E-state index < -0.39 is 0 Å². The first-order chi connectivity index (χ1) is 10.2. The minimum absolute atomic E-state index is 0.222. The Morgan fingerprint density at radius 2 is 2.19 bits per heavy atom. The Labute approximate surface area is 140 Å². The molecule has 0 amide bonds. The van der Waals surface area contributed by atoms with E-state index in [1.165, 1.54) is 5.56 Å². The van der Waals surface area contributed by atoms with E-state index in [1.54, 1.807) is 6.20 Å². The monoisotopic (exact) mass is 411 g/mol. The molecule has 2 heterocycles. The third-order valence-electron chi connectivity index (χ3n) is 3.55. The standard InChI is InChI=1S/C15H15Br2N3O/c16-10-7-12(17)14(19-8-10)13(20-18)11-5-1-3-9-4-2-6-21-15(9)11/h1,3,5,7-8,13,20H,2,4,6,18H2. The molecule has 6 heteroatoms. The Morgan fingerprint density at radius 1 is 1.33 bits per heavy atom. The number of aryl methyl sites for hydroxylation is 1. The highest BCUT2D eigenvalue weighted by Gasteiger charge is 2.24. The number of hydrogen-bond acceptors (Lipinski definition) is 4. The number of benzene rings is 1. The molecular formula is C15H15Br2N3O. The van der Waals surface area contributed by atoms with Crippen LogP contribution in [0.25, 0.3) is 0 Å². The Kier molecular flexibility index (Phi) is 4.59. The van der Waals surface area contributed by atoms with Crippen LogP contribution in [0.1, 0.15) is 29.3 Å². The summed E-state index contributed by atoms with van der Waals surface area (Å²) in [5.41, 5.74) is 5.94. The second-order valence-corrected chi connectivity index (χ2v) is 6.68. The van der Waals surface area contributed by atoms with Crippen LogP contribution >= 0.6 is 31.9 Å². The summed E-state index contributed by atoms with van der Waals surface area (Å²) in [5, 5.41) is 0. The lowest BCUT2D eigenvalue weighted by Gasteiger charge is -2.25. The van der Waals surface area contributed by atoms with Crippen LogP contribution in [0.3, 0.4) is 0 Å². The largest absolute Gasteiger partial charge is 0.493 e. The van der Waals surface area contributed by atoms with E-state index in [1.807, 2.05) is 18.2 Å². The number of fused-ring (bicyclic) bond motifs is 1. The van der Waals surface area contributed by atoms with Crippen molar-refractivity contribution in [3.8, 4) is 5.75 Å². The molecule has 4 nitrogen and oxygen atoms in total. The highest BCUT2D eigenvalue weighted by Crippen LogP contribution is 2.37. The van der Waals surface area contributed by atoms with Gasteiger partial charge in [-0.1, -0.05) is 18.2 Å². The summed E-state index contributed by atoms with van der Waals surface area (Å²) in [4.78, 5) is 4.48. The summed E-state index contributed by atoms with van der Waals surface area (Å²) in [7, 11) is 0. The van der Waals surface area contributed by atoms with Gasteiger partial charge >= 0.3 is 0 Å². The normalized spacial score (nSPS) is 15.2. The zero-order valence-corrected chi connectivity index (χ0v) is 14.4. The number of nitrogens with zero attached hydrogens (tertiary/aromatic N) is 1. The molecule has 21 heavy (non-hydrogen) atoms. The second-order valence-electron chi connectivity index (χ2n) is 4.91. The lowest BCUT2D eigenvalue weighted by molar-refractivity contribution is 0.283. The van der Waals surface area contributed by atoms with Gasteiger partial charge in [-0.3, -0.25) is 10.8 Å². The Bertz CT molecular complexity index is 663. The second kappa shape index (κ2) is 6.44. The van der Waals surface area contributed by atoms with E-state index >= 15 is 0 Å². The fourth-order valence-electron chi connectivity index (χ4n) is 2.60. The highest BCUT2D eigenvalue weighted by atomic mass is 79.9. The van der Waals surface area contributed by atoms with Crippen molar-refractivity contribution in [1.82, 2.24) is 10.4 Å². The average molecular weight is 413 g/mol. The predicted molar refractivity (Wildman–Crippen MR) is 89.1 cm³/mol. The van der Waals surface area contributed by atoms with E-state index in [9.17, 15) is 0 Å². The van der Waals surface area contributed by atoms with Crippen molar-refractivity contribution in [2.75, 3.05) is 6.61 Å². The number of nitrogens with one attached hydrogen (secondary N) is 1. The molecule has 0 bridgehead atoms. The molecule has 0 aliphatic carbocycles. The third-order valence-corrected chi connectivity index (χ3v) is 4.62. The molecule has 2 aromatic rings. The van der Waals surface area contributed by atoms with Gasteiger partial charge in [0.25, 0.3) is 0 Å². The van der Waals surface area contributed by atoms with Gasteiger partial charge in [-0.15, -0.1) is 0 Å². The Hall–Kier alpha value is -0.950. The van der Waals surface area contributed by atoms with E-state index in [0.29, 0.717) is 0 Å². The van der Waals surface area contributed by atoms with Gasteiger partial charge in [0.15, 0.2) is 0 Å². The maximum absolute atomic E-state index is 5.87. The molecule has 1 aromatic carbocycles. The lowest BCUT2D eigenvalue weighted by atomic mass is 9.96. The minimum Gasteiger partial charge on any atom is -0.493 e. The van der Waals surface area contributed by atoms with E-state index in [0.717, 1.165) is 45.4 Å². The van der Waals surface area contributed by atoms with Gasteiger partial charge in [0.05, 0.1) is 18.3 Å². The molecule has 0 saturated heterocycles. The van der Waals surface area contributed by atoms with E-state index in [4.69, 9.17) is 10.6 Å². The molecule has 3 rings (SSSR count). The SMILES string of the molecule is NNC(c1cccc2c1OCCC2)c1ncc(Br)cc1Br. The number of hydrazine groups is 1. The van der Waals surface area contributed by atoms with Crippen LogP contribution in [-0.2, 0) is 6.42 Å². The van der Waals surface area contributed by atoms with Crippen LogP contribution < -0.4 is 16.0 Å². The highest BCUT2D eigenvalue weighted by molar-refractivity contribution is 9.11. The topological polar surface area (TPSA) is 60.2 Å². The number of para-hydroxylation sites is 1. The summed E-state index contributed by atoms with van der Waals surface area (Å²) < 4.78 is 7.69. The first-order valence-corrected chi connectivity index (χ1v) is 8.31. The minimum atomic E-state index is -0.222. The van der Waals surface area contributed by atoms with Crippen LogP contribution in [0.5, 0.6) is 5.75 Å². The van der Waals surface area contributed by atoms with Crippen LogP contribution in [0, 0.1) is 0 Å². The Balaban J connectivity index is 2.08. The van der Waals surface area contributed by atoms with Crippen molar-refractivity contribution in [2.45, 2.75) is 18.9 Å². The van der Waals surface area contributed by atoms with Crippen molar-refractivity contribution in [3.05, 3.63) is 56.2 Å². The van der Waals surface area contributed by atoms with Gasteiger partial charge in [0.1, 0.15) is 5.75 Å². The number of pyridine rings is 1. The van der Waals surface area contributed by atoms with E-state index in [-0.39, 0.29) is 6.04 Å². The van der Waals surface area contributed by atoms with Crippen LogP contribution in [0.4, 0.5) is 0 Å². The molecular weight excluding hydrogens is 398 g/mol. The number of hydrogen-bond donors (Lipinski definition) is 2. The molecule has 110 valence electrons. The third kappa shape index (κ3) is 2.99. The number of halogens is 2.